The van der Waals surface area contributed by atoms with Crippen molar-refractivity contribution in [2.45, 2.75) is 12.8 Å². The lowest BCUT2D eigenvalue weighted by Crippen LogP contribution is -3.11. The highest BCUT2D eigenvalue weighted by molar-refractivity contribution is 6.33. The predicted molar refractivity (Wildman–Crippen MR) is 91.0 cm³/mol. The van der Waals surface area contributed by atoms with Crippen molar-refractivity contribution < 1.29 is 24.0 Å². The number of methoxy groups -OCH3 is 1. The summed E-state index contributed by atoms with van der Waals surface area (Å²) < 4.78 is 4.51. The highest BCUT2D eigenvalue weighted by Crippen LogP contribution is 2.19. The molecule has 24 heavy (non-hydrogen) atoms. The number of rotatable bonds is 9. The molecule has 132 valence electrons. The van der Waals surface area contributed by atoms with Gasteiger partial charge in [0.2, 0.25) is 0 Å². The number of ether oxygens (including phenoxy) is 1. The van der Waals surface area contributed by atoms with Crippen LogP contribution in [0.5, 0.6) is 0 Å². The van der Waals surface area contributed by atoms with Crippen molar-refractivity contribution in [1.82, 2.24) is 5.32 Å². The number of carbonyl (C=O) groups is 3. The SMILES string of the molecule is COC(=O)CCCNC(=O)C[NH+](C)CC(=O)Nc1ccccc1Cl. The Hall–Kier alpha value is -2.12. The average Bonchev–Trinajstić information content (AvgIpc) is 2.53. The largest absolute Gasteiger partial charge is 0.469 e. The molecule has 0 aliphatic heterocycles. The smallest absolute Gasteiger partial charge is 0.305 e. The predicted octanol–water partition coefficient (Wildman–Crippen LogP) is -0.137. The van der Waals surface area contributed by atoms with Crippen LogP contribution in [0, 0.1) is 0 Å². The van der Waals surface area contributed by atoms with Gasteiger partial charge in [-0.25, -0.2) is 0 Å². The van der Waals surface area contributed by atoms with Crippen molar-refractivity contribution in [2.75, 3.05) is 39.1 Å². The number of nitrogens with one attached hydrogen (secondary N) is 3. The van der Waals surface area contributed by atoms with Crippen LogP contribution in [-0.4, -0.2) is 51.6 Å². The molecule has 7 nitrogen and oxygen atoms in total. The molecule has 0 saturated heterocycles. The molecule has 0 heterocycles. The van der Waals surface area contributed by atoms with E-state index in [1.54, 1.807) is 31.3 Å². The Kier molecular flexibility index (Phi) is 8.81. The van der Waals surface area contributed by atoms with Crippen LogP contribution in [0.25, 0.3) is 0 Å². The van der Waals surface area contributed by atoms with Crippen LogP contribution in [0.4, 0.5) is 5.69 Å². The molecule has 0 fully saturated rings. The van der Waals surface area contributed by atoms with E-state index >= 15 is 0 Å². The van der Waals surface area contributed by atoms with Crippen LogP contribution >= 0.6 is 11.6 Å². The minimum Gasteiger partial charge on any atom is -0.469 e. The number of hydrogen-bond acceptors (Lipinski definition) is 4. The summed E-state index contributed by atoms with van der Waals surface area (Å²) in [5, 5.41) is 5.88. The summed E-state index contributed by atoms with van der Waals surface area (Å²) in [6.45, 7) is 0.696. The molecule has 0 radical (unpaired) electrons. The normalized spacial score (nSPS) is 11.5. The Morgan fingerprint density at radius 3 is 2.50 bits per heavy atom. The van der Waals surface area contributed by atoms with Crippen LogP contribution in [0.1, 0.15) is 12.8 Å². The monoisotopic (exact) mass is 356 g/mol. The van der Waals surface area contributed by atoms with E-state index in [0.29, 0.717) is 23.7 Å². The van der Waals surface area contributed by atoms with E-state index in [-0.39, 0.29) is 37.3 Å². The van der Waals surface area contributed by atoms with Gasteiger partial charge in [0.25, 0.3) is 11.8 Å². The van der Waals surface area contributed by atoms with E-state index in [9.17, 15) is 14.4 Å². The number of quaternary nitrogens is 1. The van der Waals surface area contributed by atoms with Crippen LogP contribution < -0.4 is 15.5 Å². The first-order valence-electron chi connectivity index (χ1n) is 7.61. The molecule has 0 aliphatic carbocycles. The van der Waals surface area contributed by atoms with Crippen molar-refractivity contribution >= 4 is 35.1 Å². The minimum atomic E-state index is -0.303. The first-order valence-corrected chi connectivity index (χ1v) is 7.99. The third-order valence-electron chi connectivity index (χ3n) is 3.18. The lowest BCUT2D eigenvalue weighted by Gasteiger charge is -2.14. The van der Waals surface area contributed by atoms with Crippen LogP contribution in [0.3, 0.4) is 0 Å². The lowest BCUT2D eigenvalue weighted by atomic mass is 10.3. The van der Waals surface area contributed by atoms with Crippen LogP contribution in [-0.2, 0) is 19.1 Å². The first-order chi connectivity index (χ1) is 11.4. The second-order valence-electron chi connectivity index (χ2n) is 5.37. The summed E-state index contributed by atoms with van der Waals surface area (Å²) in [4.78, 5) is 35.4. The highest BCUT2D eigenvalue weighted by Gasteiger charge is 2.15. The first kappa shape index (κ1) is 19.9. The van der Waals surface area contributed by atoms with Gasteiger partial charge < -0.3 is 20.3 Å². The molecule has 1 aromatic carbocycles. The Morgan fingerprint density at radius 1 is 1.17 bits per heavy atom. The fraction of sp³-hybridized carbons (Fsp3) is 0.438. The number of halogens is 1. The van der Waals surface area contributed by atoms with Gasteiger partial charge in [-0.3, -0.25) is 14.4 Å². The maximum Gasteiger partial charge on any atom is 0.305 e. The minimum absolute atomic E-state index is 0.140. The summed E-state index contributed by atoms with van der Waals surface area (Å²) in [6, 6.07) is 6.96. The maximum absolute atomic E-state index is 12.0. The quantitative estimate of drug-likeness (QED) is 0.424. The molecule has 0 spiro atoms. The van der Waals surface area contributed by atoms with Gasteiger partial charge >= 0.3 is 5.97 Å². The Balaban J connectivity index is 2.26. The second-order valence-corrected chi connectivity index (χ2v) is 5.78. The van der Waals surface area contributed by atoms with Crippen molar-refractivity contribution in [1.29, 1.82) is 0 Å². The molecule has 2 amide bonds. The molecule has 0 aromatic heterocycles. The summed E-state index contributed by atoms with van der Waals surface area (Å²) in [5.74, 6) is -0.703. The number of anilines is 1. The van der Waals surface area contributed by atoms with E-state index in [2.05, 4.69) is 15.4 Å². The average molecular weight is 357 g/mol. The highest BCUT2D eigenvalue weighted by atomic mass is 35.5. The van der Waals surface area contributed by atoms with Crippen molar-refractivity contribution in [2.24, 2.45) is 0 Å². The van der Waals surface area contributed by atoms with Crippen molar-refractivity contribution in [3.05, 3.63) is 29.3 Å². The number of carbonyl (C=O) groups excluding carboxylic acids is 3. The molecule has 8 heteroatoms. The molecule has 0 bridgehead atoms. The zero-order valence-electron chi connectivity index (χ0n) is 13.9. The zero-order chi connectivity index (χ0) is 17.9. The van der Waals surface area contributed by atoms with Gasteiger partial charge in [0, 0.05) is 13.0 Å². The molecule has 3 N–H and O–H groups in total. The topological polar surface area (TPSA) is 88.9 Å². The molecule has 1 atom stereocenters. The molecule has 1 aromatic rings. The third kappa shape index (κ3) is 7.94. The van der Waals surface area contributed by atoms with Crippen molar-refractivity contribution in [3.8, 4) is 0 Å². The number of amides is 2. The summed E-state index contributed by atoms with van der Waals surface area (Å²) in [6.07, 6.45) is 0.782. The number of para-hydroxylation sites is 1. The van der Waals surface area contributed by atoms with Crippen LogP contribution in [0.15, 0.2) is 24.3 Å². The number of likely N-dealkylation sites (N-methyl/N-ethyl adjacent to an activating group) is 1. The fourth-order valence-corrected chi connectivity index (χ4v) is 2.18. The van der Waals surface area contributed by atoms with Gasteiger partial charge in [-0.05, 0) is 18.6 Å². The summed E-state index contributed by atoms with van der Waals surface area (Å²) in [5.41, 5.74) is 0.546. The zero-order valence-corrected chi connectivity index (χ0v) is 14.6. The molecule has 1 unspecified atom stereocenters. The third-order valence-corrected chi connectivity index (χ3v) is 3.51. The van der Waals surface area contributed by atoms with E-state index in [1.807, 2.05) is 0 Å². The molecule has 0 aliphatic rings. The molecule has 1 rings (SSSR count). The second kappa shape index (κ2) is 10.6. The Labute approximate surface area is 146 Å². The maximum atomic E-state index is 12.0. The fourth-order valence-electron chi connectivity index (χ4n) is 1.99. The molecule has 0 saturated carbocycles. The van der Waals surface area contributed by atoms with E-state index in [4.69, 9.17) is 11.6 Å². The van der Waals surface area contributed by atoms with Gasteiger partial charge in [0.05, 0.1) is 24.9 Å². The van der Waals surface area contributed by atoms with Gasteiger partial charge in [-0.2, -0.15) is 0 Å². The summed E-state index contributed by atoms with van der Waals surface area (Å²) in [7, 11) is 3.08. The van der Waals surface area contributed by atoms with Gasteiger partial charge in [-0.15, -0.1) is 0 Å². The summed E-state index contributed by atoms with van der Waals surface area (Å²) >= 11 is 5.97. The van der Waals surface area contributed by atoms with E-state index < -0.39 is 0 Å². The van der Waals surface area contributed by atoms with Gasteiger partial charge in [0.1, 0.15) is 0 Å². The molecular weight excluding hydrogens is 334 g/mol. The number of hydrogen-bond donors (Lipinski definition) is 3. The number of benzene rings is 1. The van der Waals surface area contributed by atoms with E-state index in [1.165, 1.54) is 7.11 Å². The lowest BCUT2D eigenvalue weighted by molar-refractivity contribution is -0.862. The Morgan fingerprint density at radius 2 is 1.83 bits per heavy atom. The van der Waals surface area contributed by atoms with Crippen molar-refractivity contribution in [3.63, 3.8) is 0 Å². The van der Waals surface area contributed by atoms with Crippen LogP contribution in [0.2, 0.25) is 5.02 Å². The molecular formula is C16H23ClN3O4+. The van der Waals surface area contributed by atoms with E-state index in [0.717, 1.165) is 4.90 Å². The Bertz CT molecular complexity index is 580. The standard InChI is InChI=1S/C16H22ClN3O4/c1-20(10-14(21)18-9-5-8-16(23)24-2)11-15(22)19-13-7-4-3-6-12(13)17/h3-4,6-7H,5,8-11H2,1-2H3,(H,18,21)(H,19,22)/p+1. The van der Waals surface area contributed by atoms with Gasteiger partial charge in [0.15, 0.2) is 13.1 Å². The van der Waals surface area contributed by atoms with Gasteiger partial charge in [-0.1, -0.05) is 23.7 Å². The number of esters is 1.